The van der Waals surface area contributed by atoms with Gasteiger partial charge in [0, 0.05) is 7.11 Å². The highest BCUT2D eigenvalue weighted by molar-refractivity contribution is 7.40. The average Bonchev–Trinajstić information content (AvgIpc) is 1.60. The van der Waals surface area contributed by atoms with E-state index in [9.17, 15) is 22.0 Å². The molecule has 0 saturated carbocycles. The van der Waals surface area contributed by atoms with Crippen LogP contribution in [0, 0.1) is 0 Å². The van der Waals surface area contributed by atoms with Crippen LogP contribution in [0.25, 0.3) is 0 Å². The lowest BCUT2D eigenvalue weighted by atomic mass is 11.4. The molecule has 0 aliphatic carbocycles. The molecule has 1 nitrogen and oxygen atoms in total. The van der Waals surface area contributed by atoms with Gasteiger partial charge >= 0.3 is 11.8 Å². The van der Waals surface area contributed by atoms with Gasteiger partial charge < -0.3 is 4.74 Å². The number of hydrogen-bond acceptors (Lipinski definition) is 1. The molecule has 0 bridgehead atoms. The van der Waals surface area contributed by atoms with Crippen molar-refractivity contribution in [1.82, 2.24) is 0 Å². The van der Waals surface area contributed by atoms with Crippen LogP contribution in [0.1, 0.15) is 0 Å². The molecular weight excluding hydrogens is 178 g/mol. The first-order chi connectivity index (χ1) is 4.27. The largest absolute Gasteiger partial charge is 0.410 e. The highest BCUT2D eigenvalue weighted by Crippen LogP contribution is 2.48. The van der Waals surface area contributed by atoms with Gasteiger partial charge in [-0.25, -0.2) is 0 Å². The van der Waals surface area contributed by atoms with Gasteiger partial charge in [-0.3, -0.25) is 0 Å². The standard InChI is InChI=1S/C3H4F5OP/c1-9-3(7,8)10-2(4,5)6/h10H,1H3. The average molecular weight is 182 g/mol. The van der Waals surface area contributed by atoms with Crippen LogP contribution in [0.15, 0.2) is 0 Å². The normalized spacial score (nSPS) is 15.0. The van der Waals surface area contributed by atoms with Crippen LogP contribution in [0.2, 0.25) is 0 Å². The van der Waals surface area contributed by atoms with Gasteiger partial charge in [0.25, 0.3) is 0 Å². The molecular formula is C3H4F5OP. The second kappa shape index (κ2) is 2.96. The molecule has 0 amide bonds. The number of alkyl halides is 5. The summed E-state index contributed by atoms with van der Waals surface area (Å²) >= 11 is 0. The van der Waals surface area contributed by atoms with Crippen LogP contribution in [0.5, 0.6) is 0 Å². The van der Waals surface area contributed by atoms with E-state index < -0.39 is 20.3 Å². The minimum Gasteiger partial charge on any atom is -0.320 e. The summed E-state index contributed by atoms with van der Waals surface area (Å²) in [5, 5.41) is 0. The summed E-state index contributed by atoms with van der Waals surface area (Å²) in [6.07, 6.45) is 0. The number of halogens is 5. The molecule has 0 aromatic heterocycles. The van der Waals surface area contributed by atoms with Gasteiger partial charge in [0.1, 0.15) is 0 Å². The third kappa shape index (κ3) is 4.88. The van der Waals surface area contributed by atoms with Gasteiger partial charge in [-0.05, 0) is 0 Å². The van der Waals surface area contributed by atoms with E-state index in [1.54, 1.807) is 0 Å². The third-order valence-corrected chi connectivity index (χ3v) is 1.32. The minimum absolute atomic E-state index is 0.527. The Morgan fingerprint density at radius 2 is 1.50 bits per heavy atom. The Hall–Kier alpha value is 0.0400. The lowest BCUT2D eigenvalue weighted by Gasteiger charge is -2.14. The highest BCUT2D eigenvalue weighted by Gasteiger charge is 2.43. The Morgan fingerprint density at radius 3 is 1.60 bits per heavy atom. The van der Waals surface area contributed by atoms with E-state index in [0.717, 1.165) is 0 Å². The van der Waals surface area contributed by atoms with Crippen molar-refractivity contribution in [3.63, 3.8) is 0 Å². The van der Waals surface area contributed by atoms with Crippen molar-refractivity contribution in [2.45, 2.75) is 11.8 Å². The first-order valence-corrected chi connectivity index (χ1v) is 3.06. The predicted molar refractivity (Wildman–Crippen MR) is 26.3 cm³/mol. The van der Waals surface area contributed by atoms with Crippen LogP contribution >= 0.6 is 8.58 Å². The summed E-state index contributed by atoms with van der Waals surface area (Å²) in [6.45, 7) is 0. The molecule has 0 rings (SSSR count). The van der Waals surface area contributed by atoms with Gasteiger partial charge in [0.05, 0.1) is 8.58 Å². The molecule has 0 fully saturated rings. The zero-order valence-electron chi connectivity index (χ0n) is 4.80. The van der Waals surface area contributed by atoms with Crippen molar-refractivity contribution in [2.75, 3.05) is 7.11 Å². The fraction of sp³-hybridized carbons (Fsp3) is 1.00. The van der Waals surface area contributed by atoms with Crippen LogP contribution in [0.3, 0.4) is 0 Å². The van der Waals surface area contributed by atoms with E-state index in [4.69, 9.17) is 0 Å². The summed E-state index contributed by atoms with van der Waals surface area (Å²) in [7, 11) is -1.96. The maximum atomic E-state index is 11.7. The molecule has 0 aliphatic heterocycles. The number of rotatable bonds is 2. The van der Waals surface area contributed by atoms with Crippen molar-refractivity contribution in [1.29, 1.82) is 0 Å². The zero-order chi connectivity index (χ0) is 8.41. The van der Waals surface area contributed by atoms with Crippen molar-refractivity contribution in [3.05, 3.63) is 0 Å². The van der Waals surface area contributed by atoms with Gasteiger partial charge in [-0.2, -0.15) is 22.0 Å². The summed E-state index contributed by atoms with van der Waals surface area (Å²) in [6, 6.07) is 0. The molecule has 0 aromatic carbocycles. The van der Waals surface area contributed by atoms with Gasteiger partial charge in [-0.1, -0.05) is 0 Å². The van der Waals surface area contributed by atoms with E-state index in [1.807, 2.05) is 0 Å². The molecule has 0 N–H and O–H groups in total. The molecule has 0 heterocycles. The van der Waals surface area contributed by atoms with Crippen LogP contribution in [-0.2, 0) is 4.74 Å². The maximum absolute atomic E-state index is 11.7. The molecule has 0 spiro atoms. The molecule has 7 heteroatoms. The quantitative estimate of drug-likeness (QED) is 0.470. The third-order valence-electron chi connectivity index (χ3n) is 0.544. The summed E-state index contributed by atoms with van der Waals surface area (Å²) in [5.74, 6) is -8.93. The first kappa shape index (κ1) is 10.0. The second-order valence-corrected chi connectivity index (χ2v) is 2.74. The Morgan fingerprint density at radius 1 is 1.10 bits per heavy atom. The summed E-state index contributed by atoms with van der Waals surface area (Å²) in [4.78, 5) is 0. The molecule has 10 heavy (non-hydrogen) atoms. The van der Waals surface area contributed by atoms with Gasteiger partial charge in [0.2, 0.25) is 0 Å². The van der Waals surface area contributed by atoms with E-state index in [-0.39, 0.29) is 0 Å². The SMILES string of the molecule is COC(F)(F)PC(F)(F)F. The number of hydrogen-bond donors (Lipinski definition) is 0. The topological polar surface area (TPSA) is 9.23 Å². The fourth-order valence-electron chi connectivity index (χ4n) is 0.216. The number of methoxy groups -OCH3 is 1. The lowest BCUT2D eigenvalue weighted by Crippen LogP contribution is -2.17. The summed E-state index contributed by atoms with van der Waals surface area (Å²) < 4.78 is 60.3. The molecule has 0 radical (unpaired) electrons. The Labute approximate surface area is 55.3 Å². The molecule has 0 aliphatic rings. The minimum atomic E-state index is -4.86. The van der Waals surface area contributed by atoms with Gasteiger partial charge in [0.15, 0.2) is 0 Å². The fourth-order valence-corrected chi connectivity index (χ4v) is 0.648. The predicted octanol–water partition coefficient (Wildman–Crippen LogP) is 2.38. The van der Waals surface area contributed by atoms with Crippen LogP contribution < -0.4 is 0 Å². The molecule has 1 unspecified atom stereocenters. The molecule has 1 atom stereocenters. The number of ether oxygens (including phenoxy) is 1. The Bertz CT molecular complexity index is 110. The van der Waals surface area contributed by atoms with Gasteiger partial charge in [-0.15, -0.1) is 0 Å². The zero-order valence-corrected chi connectivity index (χ0v) is 5.80. The van der Waals surface area contributed by atoms with Crippen molar-refractivity contribution in [3.8, 4) is 0 Å². The van der Waals surface area contributed by atoms with Crippen LogP contribution in [0.4, 0.5) is 22.0 Å². The van der Waals surface area contributed by atoms with Crippen molar-refractivity contribution in [2.24, 2.45) is 0 Å². The highest BCUT2D eigenvalue weighted by atomic mass is 31.1. The van der Waals surface area contributed by atoms with Crippen molar-refractivity contribution >= 4 is 8.58 Å². The smallest absolute Gasteiger partial charge is 0.320 e. The van der Waals surface area contributed by atoms with E-state index in [2.05, 4.69) is 4.74 Å². The van der Waals surface area contributed by atoms with E-state index in [1.165, 1.54) is 0 Å². The summed E-state index contributed by atoms with van der Waals surface area (Å²) in [5.41, 5.74) is 0. The Balaban J connectivity index is 3.89. The molecule has 0 saturated heterocycles. The first-order valence-electron chi connectivity index (χ1n) is 2.06. The second-order valence-electron chi connectivity index (χ2n) is 1.34. The van der Waals surface area contributed by atoms with Crippen LogP contribution in [-0.4, -0.2) is 18.9 Å². The molecule has 0 aromatic rings. The van der Waals surface area contributed by atoms with E-state index >= 15 is 0 Å². The van der Waals surface area contributed by atoms with Crippen molar-refractivity contribution < 1.29 is 26.7 Å². The maximum Gasteiger partial charge on any atom is 0.410 e. The monoisotopic (exact) mass is 182 g/mol. The van der Waals surface area contributed by atoms with E-state index in [0.29, 0.717) is 7.11 Å². The Kier molecular flexibility index (Phi) is 2.98. The lowest BCUT2D eigenvalue weighted by molar-refractivity contribution is -0.155. The molecule has 62 valence electrons.